The minimum absolute atomic E-state index is 0.0192. The van der Waals surface area contributed by atoms with E-state index in [9.17, 15) is 4.79 Å². The van der Waals surface area contributed by atoms with E-state index in [1.54, 1.807) is 0 Å². The molecule has 2 aliphatic heterocycles. The Kier molecular flexibility index (Phi) is 7.91. The van der Waals surface area contributed by atoms with Crippen molar-refractivity contribution in [2.24, 2.45) is 12.0 Å². The van der Waals surface area contributed by atoms with Gasteiger partial charge < -0.3 is 15.1 Å². The lowest BCUT2D eigenvalue weighted by Crippen LogP contribution is -2.57. The Labute approximate surface area is 174 Å². The summed E-state index contributed by atoms with van der Waals surface area (Å²) < 4.78 is 1.84. The fourth-order valence-corrected chi connectivity index (χ4v) is 4.17. The summed E-state index contributed by atoms with van der Waals surface area (Å²) in [6.07, 6.45) is 8.31. The van der Waals surface area contributed by atoms with Crippen LogP contribution in [0.3, 0.4) is 0 Å². The number of amides is 1. The molecule has 3 heterocycles. The molecule has 29 heavy (non-hydrogen) atoms. The van der Waals surface area contributed by atoms with Crippen LogP contribution in [0.25, 0.3) is 0 Å². The predicted molar refractivity (Wildman–Crippen MR) is 116 cm³/mol. The van der Waals surface area contributed by atoms with Gasteiger partial charge in [-0.15, -0.1) is 0 Å². The molecular weight excluding hydrogens is 366 g/mol. The van der Waals surface area contributed by atoms with Crippen molar-refractivity contribution < 1.29 is 4.79 Å². The molecule has 2 aliphatic rings. The maximum atomic E-state index is 12.7. The predicted octanol–water partition coefficient (Wildman–Crippen LogP) is 0.947. The second-order valence-corrected chi connectivity index (χ2v) is 8.09. The zero-order valence-corrected chi connectivity index (χ0v) is 18.3. The van der Waals surface area contributed by atoms with Gasteiger partial charge in [0.25, 0.3) is 0 Å². The molecule has 0 aliphatic carbocycles. The monoisotopic (exact) mass is 403 g/mol. The van der Waals surface area contributed by atoms with Crippen LogP contribution in [0.1, 0.15) is 38.7 Å². The average Bonchev–Trinajstić information content (AvgIpc) is 3.41. The highest BCUT2D eigenvalue weighted by atomic mass is 16.2. The average molecular weight is 404 g/mol. The SMILES string of the molecule is CCNC(=NCCCc1cnn(C)c1)N1CCN(C(C)C(=O)N2CCCC2)CC1. The number of likely N-dealkylation sites (tertiary alicyclic amines) is 1. The van der Waals surface area contributed by atoms with Gasteiger partial charge in [-0.1, -0.05) is 0 Å². The molecule has 8 heteroatoms. The number of guanidine groups is 1. The first-order valence-corrected chi connectivity index (χ1v) is 11.1. The van der Waals surface area contributed by atoms with E-state index in [-0.39, 0.29) is 6.04 Å². The lowest BCUT2D eigenvalue weighted by atomic mass is 10.2. The van der Waals surface area contributed by atoms with Crippen molar-refractivity contribution in [2.45, 2.75) is 45.6 Å². The fourth-order valence-electron chi connectivity index (χ4n) is 4.17. The zero-order valence-electron chi connectivity index (χ0n) is 18.3. The molecule has 1 atom stereocenters. The van der Waals surface area contributed by atoms with Crippen molar-refractivity contribution in [2.75, 3.05) is 52.4 Å². The van der Waals surface area contributed by atoms with Crippen molar-refractivity contribution >= 4 is 11.9 Å². The number of hydrogen-bond acceptors (Lipinski definition) is 4. The summed E-state index contributed by atoms with van der Waals surface area (Å²) in [6, 6.07) is -0.0192. The first kappa shape index (κ1) is 21.6. The van der Waals surface area contributed by atoms with E-state index in [2.05, 4.69) is 40.3 Å². The van der Waals surface area contributed by atoms with E-state index in [1.807, 2.05) is 22.8 Å². The Hall–Kier alpha value is -2.09. The molecule has 162 valence electrons. The molecule has 1 unspecified atom stereocenters. The Morgan fingerprint density at radius 1 is 1.17 bits per heavy atom. The molecule has 3 rings (SSSR count). The van der Waals surface area contributed by atoms with E-state index in [4.69, 9.17) is 4.99 Å². The van der Waals surface area contributed by atoms with Gasteiger partial charge in [0.1, 0.15) is 0 Å². The lowest BCUT2D eigenvalue weighted by molar-refractivity contribution is -0.135. The van der Waals surface area contributed by atoms with E-state index < -0.39 is 0 Å². The molecule has 1 N–H and O–H groups in total. The van der Waals surface area contributed by atoms with Gasteiger partial charge >= 0.3 is 0 Å². The van der Waals surface area contributed by atoms with Gasteiger partial charge in [-0.2, -0.15) is 5.10 Å². The molecule has 0 aromatic carbocycles. The van der Waals surface area contributed by atoms with Crippen molar-refractivity contribution in [1.29, 1.82) is 0 Å². The highest BCUT2D eigenvalue weighted by Crippen LogP contribution is 2.14. The number of aliphatic imine (C=N–C) groups is 1. The molecule has 1 aromatic rings. The van der Waals surface area contributed by atoms with Crippen LogP contribution in [-0.2, 0) is 18.3 Å². The number of rotatable bonds is 7. The van der Waals surface area contributed by atoms with E-state index >= 15 is 0 Å². The lowest BCUT2D eigenvalue weighted by Gasteiger charge is -2.39. The number of nitrogens with one attached hydrogen (secondary N) is 1. The molecule has 1 aromatic heterocycles. The summed E-state index contributed by atoms with van der Waals surface area (Å²) in [5, 5.41) is 7.65. The molecule has 0 saturated carbocycles. The van der Waals surface area contributed by atoms with Crippen LogP contribution in [0.4, 0.5) is 0 Å². The van der Waals surface area contributed by atoms with Crippen LogP contribution in [0, 0.1) is 0 Å². The van der Waals surface area contributed by atoms with Crippen molar-refractivity contribution in [1.82, 2.24) is 29.8 Å². The van der Waals surface area contributed by atoms with Crippen LogP contribution < -0.4 is 5.32 Å². The molecule has 2 saturated heterocycles. The molecule has 2 fully saturated rings. The molecular formula is C21H37N7O. The quantitative estimate of drug-likeness (QED) is 0.417. The Bertz CT molecular complexity index is 672. The van der Waals surface area contributed by atoms with E-state index in [0.717, 1.165) is 84.0 Å². The summed E-state index contributed by atoms with van der Waals surface area (Å²) in [6.45, 7) is 11.3. The van der Waals surface area contributed by atoms with E-state index in [0.29, 0.717) is 5.91 Å². The van der Waals surface area contributed by atoms with Crippen molar-refractivity contribution in [3.8, 4) is 0 Å². The number of aryl methyl sites for hydroxylation is 2. The molecule has 8 nitrogen and oxygen atoms in total. The Morgan fingerprint density at radius 2 is 1.90 bits per heavy atom. The normalized spacial score (nSPS) is 19.6. The van der Waals surface area contributed by atoms with Gasteiger partial charge in [0.15, 0.2) is 5.96 Å². The highest BCUT2D eigenvalue weighted by Gasteiger charge is 2.30. The number of carbonyl (C=O) groups is 1. The molecule has 0 bridgehead atoms. The van der Waals surface area contributed by atoms with Crippen LogP contribution >= 0.6 is 0 Å². The third-order valence-electron chi connectivity index (χ3n) is 5.92. The maximum absolute atomic E-state index is 12.7. The minimum Gasteiger partial charge on any atom is -0.357 e. The number of hydrogen-bond donors (Lipinski definition) is 1. The Balaban J connectivity index is 1.46. The molecule has 0 spiro atoms. The minimum atomic E-state index is -0.0192. The number of nitrogens with zero attached hydrogens (tertiary/aromatic N) is 6. The van der Waals surface area contributed by atoms with Crippen LogP contribution in [0.15, 0.2) is 17.4 Å². The second-order valence-electron chi connectivity index (χ2n) is 8.09. The third-order valence-corrected chi connectivity index (χ3v) is 5.92. The highest BCUT2D eigenvalue weighted by molar-refractivity contribution is 5.82. The van der Waals surface area contributed by atoms with Gasteiger partial charge in [0.2, 0.25) is 5.91 Å². The first-order chi connectivity index (χ1) is 14.1. The topological polar surface area (TPSA) is 69.0 Å². The summed E-state index contributed by atoms with van der Waals surface area (Å²) in [5.41, 5.74) is 1.26. The second kappa shape index (κ2) is 10.6. The van der Waals surface area contributed by atoms with Crippen molar-refractivity contribution in [3.63, 3.8) is 0 Å². The number of aromatic nitrogens is 2. The first-order valence-electron chi connectivity index (χ1n) is 11.1. The smallest absolute Gasteiger partial charge is 0.239 e. The Morgan fingerprint density at radius 3 is 2.52 bits per heavy atom. The largest absolute Gasteiger partial charge is 0.357 e. The van der Waals surface area contributed by atoms with Gasteiger partial charge in [0.05, 0.1) is 12.2 Å². The standard InChI is InChI=1S/C21H37N7O/c1-4-22-21(23-9-7-8-19-16-24-25(3)17-19)28-14-12-26(13-15-28)18(2)20(29)27-10-5-6-11-27/h16-18H,4-15H2,1-3H3,(H,22,23). The summed E-state index contributed by atoms with van der Waals surface area (Å²) in [7, 11) is 1.95. The third kappa shape index (κ3) is 5.95. The van der Waals surface area contributed by atoms with Crippen LogP contribution in [0.2, 0.25) is 0 Å². The van der Waals surface area contributed by atoms with Gasteiger partial charge in [-0.3, -0.25) is 19.4 Å². The molecule has 1 amide bonds. The summed E-state index contributed by atoms with van der Waals surface area (Å²) in [5.74, 6) is 1.30. The van der Waals surface area contributed by atoms with Gasteiger partial charge in [0, 0.05) is 65.6 Å². The van der Waals surface area contributed by atoms with Gasteiger partial charge in [-0.05, 0) is 45.1 Å². The number of carbonyl (C=O) groups excluding carboxylic acids is 1. The summed E-state index contributed by atoms with van der Waals surface area (Å²) in [4.78, 5) is 24.2. The van der Waals surface area contributed by atoms with Crippen LogP contribution in [-0.4, -0.2) is 94.7 Å². The summed E-state index contributed by atoms with van der Waals surface area (Å²) >= 11 is 0. The maximum Gasteiger partial charge on any atom is 0.239 e. The van der Waals surface area contributed by atoms with Crippen molar-refractivity contribution in [3.05, 3.63) is 18.0 Å². The molecule has 0 radical (unpaired) electrons. The van der Waals surface area contributed by atoms with Gasteiger partial charge in [-0.25, -0.2) is 0 Å². The zero-order chi connectivity index (χ0) is 20.6. The fraction of sp³-hybridized carbons (Fsp3) is 0.762. The number of piperazine rings is 1. The van der Waals surface area contributed by atoms with Crippen LogP contribution in [0.5, 0.6) is 0 Å². The van der Waals surface area contributed by atoms with E-state index in [1.165, 1.54) is 5.56 Å².